The van der Waals surface area contributed by atoms with E-state index in [2.05, 4.69) is 21.9 Å². The van der Waals surface area contributed by atoms with Crippen LogP contribution in [0.3, 0.4) is 0 Å². The van der Waals surface area contributed by atoms with Gasteiger partial charge in [0.1, 0.15) is 17.7 Å². The largest absolute Gasteiger partial charge is 0.346 e. The number of halogens is 1. The number of aryl methyl sites for hydroxylation is 1. The standard InChI is InChI=1S/C11H13FN4.C2H6/c1-4-13-9-6-16-5-7(2)14-11(16)10(15-9)8(3)12;1-2/h4-6,8,13H,1H2,2-3H3;1-2H3. The van der Waals surface area contributed by atoms with Gasteiger partial charge in [0, 0.05) is 6.20 Å². The summed E-state index contributed by atoms with van der Waals surface area (Å²) in [5.74, 6) is 0.555. The predicted molar refractivity (Wildman–Crippen MR) is 72.4 cm³/mol. The number of hydrogen-bond donors (Lipinski definition) is 1. The molecule has 0 aliphatic heterocycles. The number of anilines is 1. The Hall–Kier alpha value is -1.91. The molecule has 0 aliphatic carbocycles. The van der Waals surface area contributed by atoms with Crippen molar-refractivity contribution in [1.82, 2.24) is 14.4 Å². The van der Waals surface area contributed by atoms with Gasteiger partial charge in [-0.05, 0) is 20.0 Å². The van der Waals surface area contributed by atoms with Gasteiger partial charge >= 0.3 is 0 Å². The number of nitrogens with one attached hydrogen (secondary N) is 1. The van der Waals surface area contributed by atoms with Crippen LogP contribution in [-0.4, -0.2) is 14.4 Å². The van der Waals surface area contributed by atoms with E-state index in [0.717, 1.165) is 5.69 Å². The highest BCUT2D eigenvalue weighted by molar-refractivity contribution is 5.51. The summed E-state index contributed by atoms with van der Waals surface area (Å²) in [5.41, 5.74) is 1.72. The number of fused-ring (bicyclic) bond motifs is 1. The zero-order valence-corrected chi connectivity index (χ0v) is 11.2. The molecule has 0 radical (unpaired) electrons. The molecule has 0 aliphatic rings. The van der Waals surface area contributed by atoms with Gasteiger partial charge in [0.05, 0.1) is 11.9 Å². The highest BCUT2D eigenvalue weighted by atomic mass is 19.1. The van der Waals surface area contributed by atoms with Crippen molar-refractivity contribution in [2.75, 3.05) is 5.32 Å². The first kappa shape index (κ1) is 14.2. The minimum absolute atomic E-state index is 0.333. The van der Waals surface area contributed by atoms with Gasteiger partial charge in [-0.15, -0.1) is 0 Å². The number of imidazole rings is 1. The Balaban J connectivity index is 0.000000771. The maximum Gasteiger partial charge on any atom is 0.162 e. The summed E-state index contributed by atoms with van der Waals surface area (Å²) >= 11 is 0. The molecule has 5 heteroatoms. The molecule has 1 N–H and O–H groups in total. The summed E-state index contributed by atoms with van der Waals surface area (Å²) in [6, 6.07) is 0. The Kier molecular flexibility index (Phi) is 4.83. The third-order valence-corrected chi connectivity index (χ3v) is 2.21. The average Bonchev–Trinajstić information content (AvgIpc) is 2.71. The monoisotopic (exact) mass is 250 g/mol. The molecule has 18 heavy (non-hydrogen) atoms. The van der Waals surface area contributed by atoms with Crippen LogP contribution in [0.1, 0.15) is 38.3 Å². The van der Waals surface area contributed by atoms with Gasteiger partial charge in [0.2, 0.25) is 0 Å². The lowest BCUT2D eigenvalue weighted by molar-refractivity contribution is 0.367. The van der Waals surface area contributed by atoms with E-state index in [4.69, 9.17) is 0 Å². The molecule has 0 aromatic carbocycles. The van der Waals surface area contributed by atoms with Crippen molar-refractivity contribution in [3.63, 3.8) is 0 Å². The summed E-state index contributed by atoms with van der Waals surface area (Å²) in [7, 11) is 0. The van der Waals surface area contributed by atoms with E-state index < -0.39 is 6.17 Å². The Morgan fingerprint density at radius 2 is 2.06 bits per heavy atom. The van der Waals surface area contributed by atoms with Crippen LogP contribution in [0.2, 0.25) is 0 Å². The van der Waals surface area contributed by atoms with Crippen LogP contribution >= 0.6 is 0 Å². The fraction of sp³-hybridized carbons (Fsp3) is 0.385. The fourth-order valence-electron chi connectivity index (χ4n) is 1.59. The van der Waals surface area contributed by atoms with E-state index in [1.807, 2.05) is 27.0 Å². The summed E-state index contributed by atoms with van der Waals surface area (Å²) in [4.78, 5) is 8.41. The van der Waals surface area contributed by atoms with Gasteiger partial charge in [-0.1, -0.05) is 20.4 Å². The molecule has 2 aromatic rings. The molecule has 4 nitrogen and oxygen atoms in total. The van der Waals surface area contributed by atoms with Gasteiger partial charge in [-0.2, -0.15) is 0 Å². The third-order valence-electron chi connectivity index (χ3n) is 2.21. The lowest BCUT2D eigenvalue weighted by Gasteiger charge is -2.07. The second-order valence-electron chi connectivity index (χ2n) is 3.59. The lowest BCUT2D eigenvalue weighted by Crippen LogP contribution is -2.02. The summed E-state index contributed by atoms with van der Waals surface area (Å²) in [5, 5.41) is 2.84. The predicted octanol–water partition coefficient (Wildman–Crippen LogP) is 3.65. The van der Waals surface area contributed by atoms with E-state index in [1.54, 1.807) is 10.6 Å². The molecule has 0 amide bonds. The Morgan fingerprint density at radius 3 is 2.61 bits per heavy atom. The maximum absolute atomic E-state index is 13.4. The molecule has 0 saturated heterocycles. The fourth-order valence-corrected chi connectivity index (χ4v) is 1.59. The average molecular weight is 250 g/mol. The topological polar surface area (TPSA) is 42.2 Å². The Bertz CT molecular complexity index is 531. The van der Waals surface area contributed by atoms with E-state index in [1.165, 1.54) is 13.1 Å². The lowest BCUT2D eigenvalue weighted by atomic mass is 10.3. The van der Waals surface area contributed by atoms with Crippen molar-refractivity contribution < 1.29 is 4.39 Å². The second-order valence-corrected chi connectivity index (χ2v) is 3.59. The number of hydrogen-bond acceptors (Lipinski definition) is 3. The van der Waals surface area contributed by atoms with Crippen molar-refractivity contribution in [2.24, 2.45) is 0 Å². The summed E-state index contributed by atoms with van der Waals surface area (Å²) in [6.07, 6.45) is 3.93. The van der Waals surface area contributed by atoms with Gasteiger partial charge < -0.3 is 9.72 Å². The summed E-state index contributed by atoms with van der Waals surface area (Å²) < 4.78 is 15.2. The number of aromatic nitrogens is 3. The first-order valence-electron chi connectivity index (χ1n) is 5.99. The van der Waals surface area contributed by atoms with Gasteiger partial charge in [-0.3, -0.25) is 0 Å². The molecular weight excluding hydrogens is 231 g/mol. The molecule has 2 heterocycles. The number of rotatable bonds is 3. The molecule has 2 aromatic heterocycles. The van der Waals surface area contributed by atoms with Crippen LogP contribution in [0.5, 0.6) is 0 Å². The van der Waals surface area contributed by atoms with Crippen LogP contribution in [0.15, 0.2) is 25.2 Å². The van der Waals surface area contributed by atoms with E-state index in [9.17, 15) is 4.39 Å². The maximum atomic E-state index is 13.4. The van der Waals surface area contributed by atoms with Crippen molar-refractivity contribution in [2.45, 2.75) is 33.9 Å². The van der Waals surface area contributed by atoms with Crippen molar-refractivity contribution in [3.05, 3.63) is 36.6 Å². The molecule has 2 rings (SSSR count). The second kappa shape index (κ2) is 6.14. The van der Waals surface area contributed by atoms with Crippen molar-refractivity contribution in [3.8, 4) is 0 Å². The highest BCUT2D eigenvalue weighted by Gasteiger charge is 2.14. The normalized spacial score (nSPS) is 11.6. The smallest absolute Gasteiger partial charge is 0.162 e. The SMILES string of the molecule is C=CNc1cn2cc(C)nc2c(C(C)F)n1.CC. The van der Waals surface area contributed by atoms with Crippen molar-refractivity contribution in [1.29, 1.82) is 0 Å². The zero-order valence-electron chi connectivity index (χ0n) is 11.2. The number of alkyl halides is 1. The summed E-state index contributed by atoms with van der Waals surface area (Å²) in [6.45, 7) is 10.9. The van der Waals surface area contributed by atoms with Gasteiger partial charge in [0.25, 0.3) is 0 Å². The molecule has 98 valence electrons. The van der Waals surface area contributed by atoms with Gasteiger partial charge in [0.15, 0.2) is 5.65 Å². The first-order valence-corrected chi connectivity index (χ1v) is 5.99. The van der Waals surface area contributed by atoms with E-state index in [-0.39, 0.29) is 0 Å². The minimum Gasteiger partial charge on any atom is -0.346 e. The van der Waals surface area contributed by atoms with Crippen LogP contribution in [0, 0.1) is 6.92 Å². The molecule has 0 saturated carbocycles. The van der Waals surface area contributed by atoms with Gasteiger partial charge in [-0.25, -0.2) is 14.4 Å². The molecule has 1 unspecified atom stereocenters. The van der Waals surface area contributed by atoms with Crippen LogP contribution in [-0.2, 0) is 0 Å². The van der Waals surface area contributed by atoms with E-state index >= 15 is 0 Å². The van der Waals surface area contributed by atoms with Crippen LogP contribution in [0.25, 0.3) is 5.65 Å². The molecule has 0 bridgehead atoms. The van der Waals surface area contributed by atoms with Crippen LogP contribution in [0.4, 0.5) is 10.2 Å². The Labute approximate surface area is 107 Å². The highest BCUT2D eigenvalue weighted by Crippen LogP contribution is 2.21. The van der Waals surface area contributed by atoms with Crippen molar-refractivity contribution >= 4 is 11.5 Å². The van der Waals surface area contributed by atoms with Crippen LogP contribution < -0.4 is 5.32 Å². The molecular formula is C13H19FN4. The Morgan fingerprint density at radius 1 is 1.39 bits per heavy atom. The quantitative estimate of drug-likeness (QED) is 0.904. The number of nitrogens with zero attached hydrogens (tertiary/aromatic N) is 3. The molecule has 0 fully saturated rings. The molecule has 0 spiro atoms. The minimum atomic E-state index is -1.16. The van der Waals surface area contributed by atoms with E-state index in [0.29, 0.717) is 17.2 Å². The molecule has 1 atom stereocenters. The first-order chi connectivity index (χ1) is 8.61. The zero-order chi connectivity index (χ0) is 13.7. The third kappa shape index (κ3) is 2.85.